The summed E-state index contributed by atoms with van der Waals surface area (Å²) in [5.41, 5.74) is 8.98. The topological polar surface area (TPSA) is 43.8 Å². The maximum absolute atomic E-state index is 6.09. The lowest BCUT2D eigenvalue weighted by Crippen LogP contribution is -2.33. The number of rotatable bonds is 2. The Morgan fingerprint density at radius 3 is 3.06 bits per heavy atom. The predicted octanol–water partition coefficient (Wildman–Crippen LogP) is 2.06. The first kappa shape index (κ1) is 11.3. The average Bonchev–Trinajstić information content (AvgIpc) is 2.67. The number of nitrogens with two attached hydrogens (primary N) is 1. The van der Waals surface area contributed by atoms with Gasteiger partial charge in [0, 0.05) is 24.7 Å². The van der Waals surface area contributed by atoms with Gasteiger partial charge in [-0.3, -0.25) is 0 Å². The average molecular weight is 233 g/mol. The lowest BCUT2D eigenvalue weighted by atomic mass is 9.86. The zero-order chi connectivity index (χ0) is 11.8. The van der Waals surface area contributed by atoms with Gasteiger partial charge in [-0.25, -0.2) is 4.98 Å². The van der Waals surface area contributed by atoms with E-state index in [0.717, 1.165) is 25.3 Å². The van der Waals surface area contributed by atoms with Crippen LogP contribution < -0.4 is 5.73 Å². The van der Waals surface area contributed by atoms with Crippen LogP contribution in [0.25, 0.3) is 0 Å². The SMILES string of the molecule is CCCC1CCc2nc3n(c2C1)CC(N)CC3. The normalized spacial score (nSPS) is 27.6. The molecular formula is C14H23N3. The van der Waals surface area contributed by atoms with Gasteiger partial charge in [0.15, 0.2) is 0 Å². The van der Waals surface area contributed by atoms with Gasteiger partial charge in [0.1, 0.15) is 5.82 Å². The molecule has 0 radical (unpaired) electrons. The van der Waals surface area contributed by atoms with E-state index in [2.05, 4.69) is 11.5 Å². The van der Waals surface area contributed by atoms with Crippen molar-refractivity contribution in [2.45, 2.75) is 64.5 Å². The minimum atomic E-state index is 0.340. The summed E-state index contributed by atoms with van der Waals surface area (Å²) in [6.45, 7) is 3.29. The van der Waals surface area contributed by atoms with Crippen molar-refractivity contribution < 1.29 is 0 Å². The number of hydrogen-bond donors (Lipinski definition) is 1. The molecule has 1 aliphatic heterocycles. The molecule has 0 saturated heterocycles. The van der Waals surface area contributed by atoms with E-state index in [0.29, 0.717) is 6.04 Å². The molecule has 94 valence electrons. The third kappa shape index (κ3) is 2.01. The lowest BCUT2D eigenvalue weighted by molar-refractivity contribution is 0.390. The lowest BCUT2D eigenvalue weighted by Gasteiger charge is -2.26. The smallest absolute Gasteiger partial charge is 0.109 e. The first-order valence-electron chi connectivity index (χ1n) is 7.10. The van der Waals surface area contributed by atoms with E-state index in [-0.39, 0.29) is 0 Å². The molecule has 3 heteroatoms. The number of hydrogen-bond acceptors (Lipinski definition) is 2. The molecule has 1 aromatic heterocycles. The van der Waals surface area contributed by atoms with Crippen molar-refractivity contribution in [2.24, 2.45) is 11.7 Å². The highest BCUT2D eigenvalue weighted by Crippen LogP contribution is 2.30. The van der Waals surface area contributed by atoms with Crippen molar-refractivity contribution in [1.82, 2.24) is 9.55 Å². The van der Waals surface area contributed by atoms with Crippen LogP contribution in [0, 0.1) is 5.92 Å². The van der Waals surface area contributed by atoms with Crippen LogP contribution in [0.1, 0.15) is 49.8 Å². The largest absolute Gasteiger partial charge is 0.330 e. The van der Waals surface area contributed by atoms with Gasteiger partial charge in [0.2, 0.25) is 0 Å². The summed E-state index contributed by atoms with van der Waals surface area (Å²) in [4.78, 5) is 4.83. The minimum Gasteiger partial charge on any atom is -0.330 e. The van der Waals surface area contributed by atoms with Crippen LogP contribution in [-0.4, -0.2) is 15.6 Å². The fourth-order valence-electron chi connectivity index (χ4n) is 3.44. The predicted molar refractivity (Wildman–Crippen MR) is 68.9 cm³/mol. The third-order valence-electron chi connectivity index (χ3n) is 4.36. The summed E-state index contributed by atoms with van der Waals surface area (Å²) in [7, 11) is 0. The van der Waals surface area contributed by atoms with E-state index in [1.807, 2.05) is 0 Å². The number of nitrogens with zero attached hydrogens (tertiary/aromatic N) is 2. The summed E-state index contributed by atoms with van der Waals surface area (Å²) < 4.78 is 2.44. The van der Waals surface area contributed by atoms with Crippen molar-refractivity contribution >= 4 is 0 Å². The highest BCUT2D eigenvalue weighted by atomic mass is 15.1. The molecule has 3 nitrogen and oxygen atoms in total. The molecule has 2 unspecified atom stereocenters. The van der Waals surface area contributed by atoms with Crippen molar-refractivity contribution in [1.29, 1.82) is 0 Å². The van der Waals surface area contributed by atoms with Crippen LogP contribution >= 0.6 is 0 Å². The Morgan fingerprint density at radius 1 is 1.35 bits per heavy atom. The van der Waals surface area contributed by atoms with E-state index < -0.39 is 0 Å². The zero-order valence-electron chi connectivity index (χ0n) is 10.8. The van der Waals surface area contributed by atoms with Gasteiger partial charge < -0.3 is 10.3 Å². The number of fused-ring (bicyclic) bond motifs is 3. The summed E-state index contributed by atoms with van der Waals surface area (Å²) in [5, 5.41) is 0. The molecule has 2 aliphatic rings. The van der Waals surface area contributed by atoms with Crippen LogP contribution in [0.2, 0.25) is 0 Å². The Labute approximate surface area is 103 Å². The van der Waals surface area contributed by atoms with Gasteiger partial charge in [-0.2, -0.15) is 0 Å². The van der Waals surface area contributed by atoms with Gasteiger partial charge in [-0.15, -0.1) is 0 Å². The van der Waals surface area contributed by atoms with Gasteiger partial charge in [-0.05, 0) is 31.6 Å². The molecule has 0 fully saturated rings. The number of aromatic nitrogens is 2. The molecule has 1 aromatic rings. The summed E-state index contributed by atoms with van der Waals surface area (Å²) >= 11 is 0. The zero-order valence-corrected chi connectivity index (χ0v) is 10.8. The molecule has 2 heterocycles. The maximum Gasteiger partial charge on any atom is 0.109 e. The van der Waals surface area contributed by atoms with Gasteiger partial charge in [0.25, 0.3) is 0 Å². The van der Waals surface area contributed by atoms with Crippen LogP contribution in [0.4, 0.5) is 0 Å². The minimum absolute atomic E-state index is 0.340. The van der Waals surface area contributed by atoms with Crippen LogP contribution in [0.5, 0.6) is 0 Å². The first-order valence-corrected chi connectivity index (χ1v) is 7.10. The Morgan fingerprint density at radius 2 is 2.24 bits per heavy atom. The van der Waals surface area contributed by atoms with Gasteiger partial charge in [0.05, 0.1) is 5.69 Å². The monoisotopic (exact) mass is 233 g/mol. The quantitative estimate of drug-likeness (QED) is 0.849. The van der Waals surface area contributed by atoms with Crippen LogP contribution in [0.15, 0.2) is 0 Å². The van der Waals surface area contributed by atoms with E-state index in [1.165, 1.54) is 49.3 Å². The maximum atomic E-state index is 6.09. The summed E-state index contributed by atoms with van der Waals surface area (Å²) in [6, 6.07) is 0.340. The second-order valence-corrected chi connectivity index (χ2v) is 5.73. The highest BCUT2D eigenvalue weighted by molar-refractivity contribution is 5.22. The molecule has 17 heavy (non-hydrogen) atoms. The Kier molecular flexibility index (Phi) is 2.95. The summed E-state index contributed by atoms with van der Waals surface area (Å²) in [5.74, 6) is 2.18. The van der Waals surface area contributed by atoms with Crippen LogP contribution in [0.3, 0.4) is 0 Å². The van der Waals surface area contributed by atoms with E-state index in [9.17, 15) is 0 Å². The fraction of sp³-hybridized carbons (Fsp3) is 0.786. The molecule has 0 aromatic carbocycles. The van der Waals surface area contributed by atoms with Gasteiger partial charge >= 0.3 is 0 Å². The Hall–Kier alpha value is -0.830. The molecule has 0 amide bonds. The van der Waals surface area contributed by atoms with E-state index >= 15 is 0 Å². The van der Waals surface area contributed by atoms with Crippen molar-refractivity contribution in [3.8, 4) is 0 Å². The van der Waals surface area contributed by atoms with Crippen molar-refractivity contribution in [3.05, 3.63) is 17.2 Å². The van der Waals surface area contributed by atoms with E-state index in [4.69, 9.17) is 10.7 Å². The third-order valence-corrected chi connectivity index (χ3v) is 4.36. The molecule has 2 N–H and O–H groups in total. The second kappa shape index (κ2) is 4.45. The van der Waals surface area contributed by atoms with Crippen molar-refractivity contribution in [3.63, 3.8) is 0 Å². The molecule has 0 bridgehead atoms. The number of aryl methyl sites for hydroxylation is 2. The Balaban J connectivity index is 1.88. The molecular weight excluding hydrogens is 210 g/mol. The molecule has 1 aliphatic carbocycles. The molecule has 0 spiro atoms. The van der Waals surface area contributed by atoms with Gasteiger partial charge in [-0.1, -0.05) is 19.8 Å². The first-order chi connectivity index (χ1) is 8.28. The molecule has 0 saturated carbocycles. The van der Waals surface area contributed by atoms with E-state index in [1.54, 1.807) is 0 Å². The molecule has 2 atom stereocenters. The number of imidazole rings is 1. The Bertz CT molecular complexity index is 408. The highest BCUT2D eigenvalue weighted by Gasteiger charge is 2.27. The van der Waals surface area contributed by atoms with Crippen LogP contribution in [-0.2, 0) is 25.8 Å². The second-order valence-electron chi connectivity index (χ2n) is 5.73. The van der Waals surface area contributed by atoms with Crippen molar-refractivity contribution in [2.75, 3.05) is 0 Å². The standard InChI is InChI=1S/C14H23N3/c1-2-3-10-4-6-12-13(8-10)17-9-11(15)5-7-14(17)16-12/h10-11H,2-9,15H2,1H3. The summed E-state index contributed by atoms with van der Waals surface area (Å²) in [6.07, 6.45) is 8.62. The fourth-order valence-corrected chi connectivity index (χ4v) is 3.44. The molecule has 3 rings (SSSR count).